The van der Waals surface area contributed by atoms with E-state index in [9.17, 15) is 4.79 Å². The lowest BCUT2D eigenvalue weighted by Crippen LogP contribution is -2.23. The molecular formula is C17H18ClNO4. The molecule has 2 aromatic rings. The molecule has 0 aliphatic heterocycles. The van der Waals surface area contributed by atoms with Crippen LogP contribution in [0.5, 0.6) is 11.5 Å². The Balaban J connectivity index is 2.07. The van der Waals surface area contributed by atoms with Crippen LogP contribution in [0.15, 0.2) is 42.5 Å². The van der Waals surface area contributed by atoms with E-state index in [0.717, 1.165) is 5.56 Å². The molecule has 0 radical (unpaired) electrons. The summed E-state index contributed by atoms with van der Waals surface area (Å²) in [5, 5.41) is 0.677. The Labute approximate surface area is 140 Å². The number of halogens is 1. The van der Waals surface area contributed by atoms with E-state index in [0.29, 0.717) is 35.3 Å². The smallest absolute Gasteiger partial charge is 0.274 e. The van der Waals surface area contributed by atoms with Crippen molar-refractivity contribution in [3.05, 3.63) is 58.6 Å². The predicted molar refractivity (Wildman–Crippen MR) is 87.9 cm³/mol. The van der Waals surface area contributed by atoms with Crippen molar-refractivity contribution in [1.82, 2.24) is 5.48 Å². The van der Waals surface area contributed by atoms with E-state index in [-0.39, 0.29) is 5.91 Å². The second-order valence-corrected chi connectivity index (χ2v) is 5.08. The van der Waals surface area contributed by atoms with Crippen molar-refractivity contribution >= 4 is 17.5 Å². The SMILES string of the molecule is CCONC(=O)c1ccc(OCc2ccc(Cl)cc2)c(OC)c1. The molecule has 2 aromatic carbocycles. The summed E-state index contributed by atoms with van der Waals surface area (Å²) in [4.78, 5) is 16.7. The number of hydrogen-bond acceptors (Lipinski definition) is 4. The van der Waals surface area contributed by atoms with Gasteiger partial charge in [-0.1, -0.05) is 23.7 Å². The van der Waals surface area contributed by atoms with Gasteiger partial charge in [0.05, 0.1) is 13.7 Å². The second kappa shape index (κ2) is 8.41. The zero-order chi connectivity index (χ0) is 16.7. The number of benzene rings is 2. The third-order valence-corrected chi connectivity index (χ3v) is 3.29. The molecule has 0 aliphatic carbocycles. The molecule has 1 N–H and O–H groups in total. The summed E-state index contributed by atoms with van der Waals surface area (Å²) < 4.78 is 11.0. The maximum Gasteiger partial charge on any atom is 0.274 e. The number of carbonyl (C=O) groups is 1. The fourth-order valence-electron chi connectivity index (χ4n) is 1.87. The van der Waals surface area contributed by atoms with E-state index in [1.165, 1.54) is 7.11 Å². The fourth-order valence-corrected chi connectivity index (χ4v) is 1.99. The maximum atomic E-state index is 11.8. The van der Waals surface area contributed by atoms with Crippen molar-refractivity contribution in [3.8, 4) is 11.5 Å². The Kier molecular flexibility index (Phi) is 6.26. The van der Waals surface area contributed by atoms with Crippen molar-refractivity contribution < 1.29 is 19.1 Å². The van der Waals surface area contributed by atoms with E-state index >= 15 is 0 Å². The molecule has 0 aliphatic rings. The summed E-state index contributed by atoms with van der Waals surface area (Å²) >= 11 is 5.85. The highest BCUT2D eigenvalue weighted by molar-refractivity contribution is 6.30. The second-order valence-electron chi connectivity index (χ2n) is 4.64. The topological polar surface area (TPSA) is 56.8 Å². The van der Waals surface area contributed by atoms with Gasteiger partial charge in [0.1, 0.15) is 6.61 Å². The minimum absolute atomic E-state index is 0.339. The van der Waals surface area contributed by atoms with Crippen molar-refractivity contribution in [2.45, 2.75) is 13.5 Å². The summed E-state index contributed by atoms with van der Waals surface area (Å²) in [6.45, 7) is 2.55. The highest BCUT2D eigenvalue weighted by Gasteiger charge is 2.11. The summed E-state index contributed by atoms with van der Waals surface area (Å²) in [6.07, 6.45) is 0. The van der Waals surface area contributed by atoms with Gasteiger partial charge >= 0.3 is 0 Å². The molecule has 0 saturated heterocycles. The average molecular weight is 336 g/mol. The van der Waals surface area contributed by atoms with Crippen LogP contribution in [0.3, 0.4) is 0 Å². The highest BCUT2D eigenvalue weighted by atomic mass is 35.5. The number of ether oxygens (including phenoxy) is 2. The molecule has 0 saturated carbocycles. The number of hydrogen-bond donors (Lipinski definition) is 1. The van der Waals surface area contributed by atoms with E-state index < -0.39 is 0 Å². The maximum absolute atomic E-state index is 11.8. The van der Waals surface area contributed by atoms with Crippen LogP contribution in [0.25, 0.3) is 0 Å². The van der Waals surface area contributed by atoms with E-state index in [4.69, 9.17) is 25.9 Å². The molecule has 0 spiro atoms. The molecular weight excluding hydrogens is 318 g/mol. The van der Waals surface area contributed by atoms with E-state index in [1.54, 1.807) is 37.3 Å². The molecule has 23 heavy (non-hydrogen) atoms. The fraction of sp³-hybridized carbons (Fsp3) is 0.235. The van der Waals surface area contributed by atoms with Gasteiger partial charge in [-0.15, -0.1) is 0 Å². The lowest BCUT2D eigenvalue weighted by molar-refractivity contribution is 0.0364. The van der Waals surface area contributed by atoms with Crippen LogP contribution >= 0.6 is 11.6 Å². The highest BCUT2D eigenvalue weighted by Crippen LogP contribution is 2.29. The largest absolute Gasteiger partial charge is 0.493 e. The number of rotatable bonds is 7. The first-order chi connectivity index (χ1) is 11.1. The number of methoxy groups -OCH3 is 1. The van der Waals surface area contributed by atoms with Crippen molar-refractivity contribution in [3.63, 3.8) is 0 Å². The number of amides is 1. The summed E-state index contributed by atoms with van der Waals surface area (Å²) in [5.41, 5.74) is 3.74. The lowest BCUT2D eigenvalue weighted by Gasteiger charge is -2.12. The number of nitrogens with one attached hydrogen (secondary N) is 1. The molecule has 5 nitrogen and oxygen atoms in total. The van der Waals surface area contributed by atoms with Gasteiger partial charge in [0.2, 0.25) is 0 Å². The van der Waals surface area contributed by atoms with Gasteiger partial charge in [0.15, 0.2) is 11.5 Å². The molecule has 0 unspecified atom stereocenters. The van der Waals surface area contributed by atoms with Crippen molar-refractivity contribution in [1.29, 1.82) is 0 Å². The molecule has 122 valence electrons. The van der Waals surface area contributed by atoms with Crippen LogP contribution in [0.4, 0.5) is 0 Å². The predicted octanol–water partition coefficient (Wildman–Crippen LogP) is 3.61. The van der Waals surface area contributed by atoms with Gasteiger partial charge in [0, 0.05) is 10.6 Å². The van der Waals surface area contributed by atoms with Gasteiger partial charge in [-0.05, 0) is 42.8 Å². The summed E-state index contributed by atoms with van der Waals surface area (Å²) in [5.74, 6) is 0.688. The van der Waals surface area contributed by atoms with Gasteiger partial charge in [-0.25, -0.2) is 5.48 Å². The molecule has 0 heterocycles. The Morgan fingerprint density at radius 2 is 1.87 bits per heavy atom. The number of carbonyl (C=O) groups excluding carboxylic acids is 1. The quantitative estimate of drug-likeness (QED) is 0.785. The first kappa shape index (κ1) is 17.1. The molecule has 2 rings (SSSR count). The van der Waals surface area contributed by atoms with Gasteiger partial charge in [0.25, 0.3) is 5.91 Å². The third-order valence-electron chi connectivity index (χ3n) is 3.04. The summed E-state index contributed by atoms with van der Waals surface area (Å²) in [7, 11) is 1.52. The molecule has 0 aromatic heterocycles. The lowest BCUT2D eigenvalue weighted by atomic mass is 10.2. The molecule has 6 heteroatoms. The number of hydroxylamine groups is 1. The molecule has 1 amide bonds. The van der Waals surface area contributed by atoms with Gasteiger partial charge < -0.3 is 9.47 Å². The van der Waals surface area contributed by atoms with Gasteiger partial charge in [-0.2, -0.15) is 0 Å². The van der Waals surface area contributed by atoms with E-state index in [2.05, 4.69) is 5.48 Å². The molecule has 0 atom stereocenters. The van der Waals surface area contributed by atoms with Crippen LogP contribution in [0, 0.1) is 0 Å². The average Bonchev–Trinajstić information content (AvgIpc) is 2.59. The zero-order valence-corrected chi connectivity index (χ0v) is 13.7. The third kappa shape index (κ3) is 4.87. The Morgan fingerprint density at radius 3 is 2.52 bits per heavy atom. The summed E-state index contributed by atoms with van der Waals surface area (Å²) in [6, 6.07) is 12.3. The molecule has 0 bridgehead atoms. The standard InChI is InChI=1S/C17H18ClNO4/c1-3-23-19-17(20)13-6-9-15(16(10-13)21-2)22-11-12-4-7-14(18)8-5-12/h4-10H,3,11H2,1-2H3,(H,19,20). The van der Waals surface area contributed by atoms with Gasteiger partial charge in [-0.3, -0.25) is 9.63 Å². The van der Waals surface area contributed by atoms with Crippen LogP contribution < -0.4 is 15.0 Å². The zero-order valence-electron chi connectivity index (χ0n) is 13.0. The Hall–Kier alpha value is -2.24. The van der Waals surface area contributed by atoms with E-state index in [1.807, 2.05) is 12.1 Å². The van der Waals surface area contributed by atoms with Crippen LogP contribution in [0.2, 0.25) is 5.02 Å². The first-order valence-corrected chi connectivity index (χ1v) is 7.49. The molecule has 0 fully saturated rings. The minimum Gasteiger partial charge on any atom is -0.493 e. The van der Waals surface area contributed by atoms with Crippen molar-refractivity contribution in [2.24, 2.45) is 0 Å². The van der Waals surface area contributed by atoms with Crippen LogP contribution in [-0.2, 0) is 11.4 Å². The monoisotopic (exact) mass is 335 g/mol. The van der Waals surface area contributed by atoms with Crippen LogP contribution in [0.1, 0.15) is 22.8 Å². The minimum atomic E-state index is -0.339. The first-order valence-electron chi connectivity index (χ1n) is 7.11. The van der Waals surface area contributed by atoms with Crippen LogP contribution in [-0.4, -0.2) is 19.6 Å². The Bertz CT molecular complexity index is 658. The Morgan fingerprint density at radius 1 is 1.13 bits per heavy atom. The normalized spacial score (nSPS) is 10.2. The van der Waals surface area contributed by atoms with Crippen molar-refractivity contribution in [2.75, 3.05) is 13.7 Å².